The molecule has 1 fully saturated rings. The van der Waals surface area contributed by atoms with Crippen molar-refractivity contribution in [2.75, 3.05) is 41.0 Å². The van der Waals surface area contributed by atoms with Crippen LogP contribution < -0.4 is 9.47 Å². The number of rotatable bonds is 8. The van der Waals surface area contributed by atoms with E-state index in [4.69, 9.17) is 14.2 Å². The van der Waals surface area contributed by atoms with Gasteiger partial charge in [0.1, 0.15) is 0 Å². The van der Waals surface area contributed by atoms with Gasteiger partial charge in [-0.3, -0.25) is 14.6 Å². The van der Waals surface area contributed by atoms with E-state index in [1.807, 2.05) is 0 Å². The van der Waals surface area contributed by atoms with Gasteiger partial charge in [-0.1, -0.05) is 30.3 Å². The van der Waals surface area contributed by atoms with Gasteiger partial charge in [0.25, 0.3) is 0 Å². The average Bonchev–Trinajstić information content (AvgIpc) is 2.86. The number of hydrogen-bond donors (Lipinski definition) is 0. The third kappa shape index (κ3) is 5.68. The van der Waals surface area contributed by atoms with Crippen LogP contribution >= 0.6 is 0 Å². The molecule has 4 rings (SSSR count). The zero-order valence-corrected chi connectivity index (χ0v) is 20.1. The summed E-state index contributed by atoms with van der Waals surface area (Å²) >= 11 is 0. The number of benzene rings is 2. The topological polar surface area (TPSA) is 51.2 Å². The predicted octanol–water partition coefficient (Wildman–Crippen LogP) is 3.91. The molecule has 2 aliphatic rings. The van der Waals surface area contributed by atoms with Gasteiger partial charge >= 0.3 is 5.97 Å². The Hall–Kier alpha value is -2.57. The van der Waals surface area contributed by atoms with Crippen molar-refractivity contribution in [1.82, 2.24) is 9.80 Å². The van der Waals surface area contributed by atoms with Gasteiger partial charge in [-0.15, -0.1) is 0 Å². The highest BCUT2D eigenvalue weighted by atomic mass is 16.5. The largest absolute Gasteiger partial charge is 0.493 e. The molecule has 0 bridgehead atoms. The molecule has 2 aromatic rings. The number of fused-ring (bicyclic) bond motifs is 1. The number of carbonyl (C=O) groups is 1. The summed E-state index contributed by atoms with van der Waals surface area (Å²) < 4.78 is 16.0. The van der Waals surface area contributed by atoms with Crippen molar-refractivity contribution in [3.8, 4) is 11.5 Å². The first-order valence-corrected chi connectivity index (χ1v) is 11.9. The normalized spacial score (nSPS) is 21.3. The van der Waals surface area contributed by atoms with Crippen molar-refractivity contribution in [3.05, 3.63) is 59.2 Å². The second kappa shape index (κ2) is 11.0. The van der Waals surface area contributed by atoms with E-state index in [-0.39, 0.29) is 5.97 Å². The van der Waals surface area contributed by atoms with E-state index >= 15 is 0 Å². The molecular formula is C27H36N2O4. The predicted molar refractivity (Wildman–Crippen MR) is 129 cm³/mol. The van der Waals surface area contributed by atoms with E-state index < -0.39 is 0 Å². The Labute approximate surface area is 197 Å². The number of nitrogens with zero attached hydrogens (tertiary/aromatic N) is 2. The first-order chi connectivity index (χ1) is 16.1. The van der Waals surface area contributed by atoms with Crippen molar-refractivity contribution in [2.24, 2.45) is 5.92 Å². The van der Waals surface area contributed by atoms with E-state index in [0.717, 1.165) is 63.5 Å². The number of likely N-dealkylation sites (tertiary alicyclic amines) is 1. The highest BCUT2D eigenvalue weighted by molar-refractivity contribution is 5.69. The summed E-state index contributed by atoms with van der Waals surface area (Å²) in [5, 5.41) is 0. The summed E-state index contributed by atoms with van der Waals surface area (Å²) in [5.41, 5.74) is 4.00. The summed E-state index contributed by atoms with van der Waals surface area (Å²) in [7, 11) is 4.86. The van der Waals surface area contributed by atoms with Crippen molar-refractivity contribution in [1.29, 1.82) is 0 Å². The van der Waals surface area contributed by atoms with Gasteiger partial charge in [0.2, 0.25) is 0 Å². The number of hydrogen-bond acceptors (Lipinski definition) is 6. The van der Waals surface area contributed by atoms with Gasteiger partial charge < -0.3 is 14.2 Å². The molecule has 0 unspecified atom stereocenters. The van der Waals surface area contributed by atoms with E-state index in [2.05, 4.69) is 52.3 Å². The number of carbonyl (C=O) groups excluding carboxylic acids is 1. The molecule has 2 atom stereocenters. The van der Waals surface area contributed by atoms with Gasteiger partial charge in [-0.05, 0) is 60.5 Å². The van der Waals surface area contributed by atoms with Crippen LogP contribution in [0.4, 0.5) is 0 Å². The fourth-order valence-electron chi connectivity index (χ4n) is 5.44. The minimum atomic E-state index is -0.116. The highest BCUT2D eigenvalue weighted by Crippen LogP contribution is 2.36. The maximum absolute atomic E-state index is 11.9. The minimum Gasteiger partial charge on any atom is -0.493 e. The lowest BCUT2D eigenvalue weighted by Crippen LogP contribution is -2.52. The monoisotopic (exact) mass is 452 g/mol. The van der Waals surface area contributed by atoms with E-state index in [9.17, 15) is 4.79 Å². The lowest BCUT2D eigenvalue weighted by molar-refractivity contribution is -0.141. The molecule has 0 amide bonds. The van der Waals surface area contributed by atoms with Crippen LogP contribution in [0.15, 0.2) is 42.5 Å². The zero-order valence-electron chi connectivity index (χ0n) is 20.1. The van der Waals surface area contributed by atoms with Crippen molar-refractivity contribution in [2.45, 2.75) is 44.8 Å². The third-order valence-electron chi connectivity index (χ3n) is 7.19. The first kappa shape index (κ1) is 23.6. The lowest BCUT2D eigenvalue weighted by Gasteiger charge is -2.45. The van der Waals surface area contributed by atoms with Crippen molar-refractivity contribution in [3.63, 3.8) is 0 Å². The van der Waals surface area contributed by atoms with Crippen molar-refractivity contribution < 1.29 is 19.0 Å². The van der Waals surface area contributed by atoms with Crippen LogP contribution in [0.5, 0.6) is 11.5 Å². The fourth-order valence-corrected chi connectivity index (χ4v) is 5.44. The Morgan fingerprint density at radius 3 is 2.42 bits per heavy atom. The molecule has 2 heterocycles. The quantitative estimate of drug-likeness (QED) is 0.566. The van der Waals surface area contributed by atoms with Gasteiger partial charge in [0, 0.05) is 38.6 Å². The van der Waals surface area contributed by atoms with Crippen LogP contribution in [-0.2, 0) is 29.0 Å². The molecular weight excluding hydrogens is 416 g/mol. The molecule has 0 aromatic heterocycles. The van der Waals surface area contributed by atoms with Gasteiger partial charge in [-0.2, -0.15) is 0 Å². The number of piperidine rings is 1. The van der Waals surface area contributed by atoms with Crippen molar-refractivity contribution >= 4 is 5.97 Å². The minimum absolute atomic E-state index is 0.116. The van der Waals surface area contributed by atoms with E-state index in [0.29, 0.717) is 18.4 Å². The van der Waals surface area contributed by atoms with E-state index in [1.54, 1.807) is 14.2 Å². The molecule has 0 spiro atoms. The Bertz CT molecular complexity index is 933. The van der Waals surface area contributed by atoms with Crippen LogP contribution in [0, 0.1) is 5.92 Å². The molecule has 0 aliphatic carbocycles. The zero-order chi connectivity index (χ0) is 23.2. The standard InChI is InChI=1S/C27H36N2O4/c1-31-25-15-21-11-14-29(19-23(21)16-26(25)32-2)24-12-13-28(17-20-7-5-4-6-8-20)18-22(24)9-10-27(30)33-3/h4-8,15-16,22,24H,9-14,17-19H2,1-3H3/t22-,24+/m1/s1. The molecule has 33 heavy (non-hydrogen) atoms. The molecule has 1 saturated heterocycles. The summed E-state index contributed by atoms with van der Waals surface area (Å²) in [5.74, 6) is 1.91. The van der Waals surface area contributed by atoms with E-state index in [1.165, 1.54) is 23.8 Å². The smallest absolute Gasteiger partial charge is 0.305 e. The molecule has 0 N–H and O–H groups in total. The number of ether oxygens (including phenoxy) is 3. The van der Waals surface area contributed by atoms with Gasteiger partial charge in [0.05, 0.1) is 21.3 Å². The van der Waals surface area contributed by atoms with Crippen LogP contribution in [-0.4, -0.2) is 62.8 Å². The summed E-state index contributed by atoms with van der Waals surface area (Å²) in [6.07, 6.45) is 3.45. The summed E-state index contributed by atoms with van der Waals surface area (Å²) in [4.78, 5) is 17.1. The van der Waals surface area contributed by atoms with Gasteiger partial charge in [0.15, 0.2) is 11.5 Å². The van der Waals surface area contributed by atoms with Crippen LogP contribution in [0.3, 0.4) is 0 Å². The summed E-state index contributed by atoms with van der Waals surface area (Å²) in [6.45, 7) is 4.98. The molecule has 0 radical (unpaired) electrons. The second-order valence-corrected chi connectivity index (χ2v) is 9.15. The summed E-state index contributed by atoms with van der Waals surface area (Å²) in [6, 6.07) is 15.4. The highest BCUT2D eigenvalue weighted by Gasteiger charge is 2.35. The maximum Gasteiger partial charge on any atom is 0.305 e. The third-order valence-corrected chi connectivity index (χ3v) is 7.19. The van der Waals surface area contributed by atoms with Gasteiger partial charge in [-0.25, -0.2) is 0 Å². The average molecular weight is 453 g/mol. The van der Waals surface area contributed by atoms with Crippen LogP contribution in [0.25, 0.3) is 0 Å². The lowest BCUT2D eigenvalue weighted by atomic mass is 9.85. The Morgan fingerprint density at radius 2 is 1.73 bits per heavy atom. The Kier molecular flexibility index (Phi) is 7.89. The fraction of sp³-hybridized carbons (Fsp3) is 0.519. The SMILES string of the molecule is COC(=O)CC[C@@H]1CN(Cc2ccccc2)CC[C@@H]1N1CCc2cc(OC)c(OC)cc2C1. The maximum atomic E-state index is 11.9. The Morgan fingerprint density at radius 1 is 1.00 bits per heavy atom. The second-order valence-electron chi connectivity index (χ2n) is 9.15. The number of methoxy groups -OCH3 is 3. The molecule has 6 heteroatoms. The molecule has 0 saturated carbocycles. The van der Waals surface area contributed by atoms with Crippen LogP contribution in [0.1, 0.15) is 36.0 Å². The Balaban J connectivity index is 1.48. The molecule has 2 aromatic carbocycles. The number of esters is 1. The molecule has 6 nitrogen and oxygen atoms in total. The first-order valence-electron chi connectivity index (χ1n) is 11.9. The molecule has 178 valence electrons. The molecule has 2 aliphatic heterocycles. The van der Waals surface area contributed by atoms with Crippen LogP contribution in [0.2, 0.25) is 0 Å².